The van der Waals surface area contributed by atoms with Crippen LogP contribution in [0.5, 0.6) is 5.75 Å². The maximum Gasteiger partial charge on any atom is 0.283 e. The summed E-state index contributed by atoms with van der Waals surface area (Å²) < 4.78 is 34.2. The van der Waals surface area contributed by atoms with Gasteiger partial charge in [0.05, 0.1) is 18.9 Å². The van der Waals surface area contributed by atoms with Crippen molar-refractivity contribution in [2.75, 3.05) is 12.4 Å². The summed E-state index contributed by atoms with van der Waals surface area (Å²) >= 11 is 6.50. The molecule has 0 saturated heterocycles. The van der Waals surface area contributed by atoms with E-state index in [-0.39, 0.29) is 11.4 Å². The van der Waals surface area contributed by atoms with Crippen LogP contribution in [0.1, 0.15) is 67.0 Å². The summed E-state index contributed by atoms with van der Waals surface area (Å²) in [6.45, 7) is 8.70. The smallest absolute Gasteiger partial charge is 0.283 e. The Bertz CT molecular complexity index is 1290. The molecule has 2 heterocycles. The van der Waals surface area contributed by atoms with Crippen LogP contribution < -0.4 is 9.46 Å². The average Bonchev–Trinajstić information content (AvgIpc) is 3.09. The van der Waals surface area contributed by atoms with E-state index >= 15 is 0 Å². The van der Waals surface area contributed by atoms with Crippen molar-refractivity contribution in [3.05, 3.63) is 51.9 Å². The normalized spacial score (nSPS) is 11.7. The van der Waals surface area contributed by atoms with E-state index in [4.69, 9.17) is 16.3 Å². The van der Waals surface area contributed by atoms with Crippen molar-refractivity contribution in [2.45, 2.75) is 59.9 Å². The highest BCUT2D eigenvalue weighted by atomic mass is 35.5. The van der Waals surface area contributed by atoms with Gasteiger partial charge in [-0.3, -0.25) is 4.79 Å². The van der Waals surface area contributed by atoms with Gasteiger partial charge in [-0.05, 0) is 56.0 Å². The van der Waals surface area contributed by atoms with Gasteiger partial charge in [0.25, 0.3) is 5.91 Å². The number of carbonyl (C=O) groups is 1. The molecule has 0 fully saturated rings. The number of amides is 1. The standard InChI is InChI=1S/C24H31ClN4O4S/c1-5-7-8-12-34(31,32)28-24(30)21-13-16(3)22-23(27-21)29(17(4)26-22)15-18-9-10-19(14-20(18)25)33-11-6-2/h9-10,13-14H,5-8,11-12,15H2,1-4H3,(H,28,30). The molecule has 3 rings (SSSR count). The Morgan fingerprint density at radius 2 is 1.88 bits per heavy atom. The second kappa shape index (κ2) is 11.2. The van der Waals surface area contributed by atoms with Crippen molar-refractivity contribution in [1.29, 1.82) is 0 Å². The van der Waals surface area contributed by atoms with E-state index in [9.17, 15) is 13.2 Å². The molecule has 10 heteroatoms. The van der Waals surface area contributed by atoms with E-state index in [2.05, 4.69) is 14.7 Å². The lowest BCUT2D eigenvalue weighted by Gasteiger charge is -2.12. The van der Waals surface area contributed by atoms with Gasteiger partial charge < -0.3 is 9.30 Å². The van der Waals surface area contributed by atoms with Crippen molar-refractivity contribution in [2.24, 2.45) is 0 Å². The molecule has 0 atom stereocenters. The number of nitrogens with one attached hydrogen (secondary N) is 1. The molecule has 0 aliphatic rings. The Hall–Kier alpha value is -2.65. The van der Waals surface area contributed by atoms with Crippen LogP contribution >= 0.6 is 11.6 Å². The molecule has 3 aromatic rings. The predicted molar refractivity (Wildman–Crippen MR) is 134 cm³/mol. The Kier molecular flexibility index (Phi) is 8.54. The minimum atomic E-state index is -3.73. The number of rotatable bonds is 11. The number of benzene rings is 1. The van der Waals surface area contributed by atoms with Crippen LogP contribution in [-0.4, -0.2) is 41.2 Å². The summed E-state index contributed by atoms with van der Waals surface area (Å²) in [6.07, 6.45) is 3.08. The second-order valence-electron chi connectivity index (χ2n) is 8.30. The van der Waals surface area contributed by atoms with Gasteiger partial charge in [-0.25, -0.2) is 23.1 Å². The first-order valence-electron chi connectivity index (χ1n) is 11.5. The second-order valence-corrected chi connectivity index (χ2v) is 10.5. The minimum absolute atomic E-state index is 0.0274. The third kappa shape index (κ3) is 6.27. The molecule has 0 aliphatic heterocycles. The quantitative estimate of drug-likeness (QED) is 0.375. The highest BCUT2D eigenvalue weighted by Crippen LogP contribution is 2.26. The molecular formula is C24H31ClN4O4S. The molecule has 8 nitrogen and oxygen atoms in total. The number of pyridine rings is 1. The number of carbonyl (C=O) groups excluding carboxylic acids is 1. The van der Waals surface area contributed by atoms with Gasteiger partial charge in [0.15, 0.2) is 5.65 Å². The third-order valence-corrected chi connectivity index (χ3v) is 7.08. The number of hydrogen-bond donors (Lipinski definition) is 1. The van der Waals surface area contributed by atoms with Crippen LogP contribution in [0.3, 0.4) is 0 Å². The zero-order valence-electron chi connectivity index (χ0n) is 20.0. The summed E-state index contributed by atoms with van der Waals surface area (Å²) in [5, 5.41) is 0.554. The number of nitrogens with zero attached hydrogens (tertiary/aromatic N) is 3. The number of aromatic nitrogens is 3. The number of aryl methyl sites for hydroxylation is 2. The van der Waals surface area contributed by atoms with Crippen LogP contribution in [-0.2, 0) is 16.6 Å². The van der Waals surface area contributed by atoms with E-state index in [0.29, 0.717) is 47.3 Å². The fourth-order valence-corrected chi connectivity index (χ4v) is 4.88. The first kappa shape index (κ1) is 26.0. The van der Waals surface area contributed by atoms with Crippen molar-refractivity contribution in [3.8, 4) is 5.75 Å². The molecule has 0 saturated carbocycles. The number of ether oxygens (including phenoxy) is 1. The lowest BCUT2D eigenvalue weighted by atomic mass is 10.2. The molecule has 0 unspecified atom stereocenters. The van der Waals surface area contributed by atoms with Crippen molar-refractivity contribution in [1.82, 2.24) is 19.3 Å². The molecule has 0 radical (unpaired) electrons. The number of fused-ring (bicyclic) bond motifs is 1. The van der Waals surface area contributed by atoms with E-state index < -0.39 is 15.9 Å². The summed E-state index contributed by atoms with van der Waals surface area (Å²) in [7, 11) is -3.73. The van der Waals surface area contributed by atoms with Crippen molar-refractivity contribution in [3.63, 3.8) is 0 Å². The minimum Gasteiger partial charge on any atom is -0.494 e. The van der Waals surface area contributed by atoms with E-state index in [0.717, 1.165) is 30.4 Å². The molecule has 0 spiro atoms. The first-order valence-corrected chi connectivity index (χ1v) is 13.5. The number of imidazole rings is 1. The Labute approximate surface area is 205 Å². The van der Waals surface area contributed by atoms with Gasteiger partial charge >= 0.3 is 0 Å². The van der Waals surface area contributed by atoms with Gasteiger partial charge in [0.2, 0.25) is 10.0 Å². The van der Waals surface area contributed by atoms with E-state index in [1.54, 1.807) is 12.1 Å². The molecule has 2 aromatic heterocycles. The molecular weight excluding hydrogens is 476 g/mol. The number of sulfonamides is 1. The molecule has 34 heavy (non-hydrogen) atoms. The maximum absolute atomic E-state index is 12.7. The third-order valence-electron chi connectivity index (χ3n) is 5.41. The van der Waals surface area contributed by atoms with E-state index in [1.165, 1.54) is 0 Å². The van der Waals surface area contributed by atoms with Crippen molar-refractivity contribution < 1.29 is 17.9 Å². The van der Waals surface area contributed by atoms with Crippen LogP contribution in [0, 0.1) is 13.8 Å². The summed E-state index contributed by atoms with van der Waals surface area (Å²) in [5.41, 5.74) is 2.75. The Morgan fingerprint density at radius 1 is 1.12 bits per heavy atom. The topological polar surface area (TPSA) is 103 Å². The van der Waals surface area contributed by atoms with Gasteiger partial charge in [-0.2, -0.15) is 0 Å². The summed E-state index contributed by atoms with van der Waals surface area (Å²) in [5.74, 6) is 0.567. The molecule has 0 bridgehead atoms. The maximum atomic E-state index is 12.7. The Morgan fingerprint density at radius 3 is 2.56 bits per heavy atom. The first-order chi connectivity index (χ1) is 16.1. The SMILES string of the molecule is CCCCCS(=O)(=O)NC(=O)c1cc(C)c2nc(C)n(Cc3ccc(OCCC)cc3Cl)c2n1. The van der Waals surface area contributed by atoms with Gasteiger partial charge in [0, 0.05) is 5.02 Å². The lowest BCUT2D eigenvalue weighted by Crippen LogP contribution is -2.33. The fourth-order valence-electron chi connectivity index (χ4n) is 3.58. The average molecular weight is 507 g/mol. The van der Waals surface area contributed by atoms with Gasteiger partial charge in [0.1, 0.15) is 22.8 Å². The van der Waals surface area contributed by atoms with Crippen molar-refractivity contribution >= 4 is 38.7 Å². The Balaban J connectivity index is 1.90. The van der Waals surface area contributed by atoms with Crippen LogP contribution in [0.2, 0.25) is 5.02 Å². The predicted octanol–water partition coefficient (Wildman–Crippen LogP) is 4.79. The molecule has 0 aliphatic carbocycles. The largest absolute Gasteiger partial charge is 0.494 e. The number of unbranched alkanes of at least 4 members (excludes halogenated alkanes) is 2. The molecule has 1 amide bonds. The number of halogens is 1. The van der Waals surface area contributed by atoms with Crippen LogP contribution in [0.25, 0.3) is 11.2 Å². The summed E-state index contributed by atoms with van der Waals surface area (Å²) in [4.78, 5) is 21.8. The molecule has 184 valence electrons. The van der Waals surface area contributed by atoms with Crippen LogP contribution in [0.15, 0.2) is 24.3 Å². The van der Waals surface area contributed by atoms with Gasteiger partial charge in [-0.15, -0.1) is 0 Å². The zero-order valence-corrected chi connectivity index (χ0v) is 21.6. The molecule has 1 N–H and O–H groups in total. The molecule has 1 aromatic carbocycles. The lowest BCUT2D eigenvalue weighted by molar-refractivity contribution is 0.0976. The highest BCUT2D eigenvalue weighted by Gasteiger charge is 2.20. The monoisotopic (exact) mass is 506 g/mol. The number of hydrogen-bond acceptors (Lipinski definition) is 6. The highest BCUT2D eigenvalue weighted by molar-refractivity contribution is 7.90. The zero-order chi connectivity index (χ0) is 24.9. The summed E-state index contributed by atoms with van der Waals surface area (Å²) in [6, 6.07) is 7.10. The van der Waals surface area contributed by atoms with Crippen LogP contribution in [0.4, 0.5) is 0 Å². The van der Waals surface area contributed by atoms with E-state index in [1.807, 2.05) is 44.4 Å². The fraction of sp³-hybridized carbons (Fsp3) is 0.458. The van der Waals surface area contributed by atoms with Gasteiger partial charge in [-0.1, -0.05) is 44.4 Å².